The Morgan fingerprint density at radius 2 is 1.96 bits per heavy atom. The van der Waals surface area contributed by atoms with Crippen LogP contribution in [0.25, 0.3) is 0 Å². The number of rotatable bonds is 5. The zero-order valence-electron chi connectivity index (χ0n) is 14.0. The lowest BCUT2D eigenvalue weighted by atomic mass is 10.2. The number of piperazine rings is 1. The molecule has 130 valence electrons. The lowest BCUT2D eigenvalue weighted by molar-refractivity contribution is 0.0741. The van der Waals surface area contributed by atoms with Crippen LogP contribution in [-0.2, 0) is 0 Å². The minimum atomic E-state index is -0.230. The topological polar surface area (TPSA) is 48.5 Å². The lowest BCUT2D eigenvalue weighted by Gasteiger charge is -2.36. The molecular weight excluding hydrogens is 319 g/mol. The molecule has 1 aliphatic rings. The van der Waals surface area contributed by atoms with Gasteiger partial charge in [-0.25, -0.2) is 9.37 Å². The predicted octanol–water partition coefficient (Wildman–Crippen LogP) is 2.78. The molecule has 2 heterocycles. The average molecular weight is 340 g/mol. The average Bonchev–Trinajstić information content (AvgIpc) is 2.67. The molecule has 0 radical (unpaired) electrons. The number of carbonyl (C=O) groups excluding carboxylic acids is 1. The summed E-state index contributed by atoms with van der Waals surface area (Å²) in [5.74, 6) is -0.324. The second-order valence-corrected chi connectivity index (χ2v) is 5.83. The number of nitrogens with one attached hydrogen (secondary N) is 1. The summed E-state index contributed by atoms with van der Waals surface area (Å²) in [5.41, 5.74) is 1.86. The molecule has 0 aliphatic carbocycles. The van der Waals surface area contributed by atoms with Crippen LogP contribution in [0.15, 0.2) is 55.3 Å². The van der Waals surface area contributed by atoms with Crippen LogP contribution in [0, 0.1) is 5.82 Å². The van der Waals surface area contributed by atoms with E-state index in [4.69, 9.17) is 0 Å². The van der Waals surface area contributed by atoms with Crippen molar-refractivity contribution in [3.05, 3.63) is 66.8 Å². The molecule has 1 amide bonds. The van der Waals surface area contributed by atoms with E-state index in [1.807, 2.05) is 17.0 Å². The zero-order valence-corrected chi connectivity index (χ0v) is 14.0. The number of amides is 1. The van der Waals surface area contributed by atoms with Crippen LogP contribution in [0.5, 0.6) is 0 Å². The smallest absolute Gasteiger partial charge is 0.272 e. The summed E-state index contributed by atoms with van der Waals surface area (Å²) >= 11 is 0. The van der Waals surface area contributed by atoms with E-state index in [0.29, 0.717) is 44.1 Å². The van der Waals surface area contributed by atoms with Crippen molar-refractivity contribution in [2.45, 2.75) is 0 Å². The number of hydrogen-bond acceptors (Lipinski definition) is 4. The molecule has 1 N–H and O–H groups in total. The molecule has 1 aromatic heterocycles. The Labute approximate surface area is 146 Å². The number of benzene rings is 1. The number of halogens is 1. The third-order valence-electron chi connectivity index (χ3n) is 4.19. The van der Waals surface area contributed by atoms with Crippen LogP contribution in [0.4, 0.5) is 15.8 Å². The van der Waals surface area contributed by atoms with E-state index in [1.54, 1.807) is 35.4 Å². The molecule has 1 saturated heterocycles. The minimum Gasteiger partial charge on any atom is -0.380 e. The Morgan fingerprint density at radius 1 is 1.20 bits per heavy atom. The molecular formula is C19H21FN4O. The molecule has 0 bridgehead atoms. The van der Waals surface area contributed by atoms with Crippen molar-refractivity contribution >= 4 is 17.3 Å². The van der Waals surface area contributed by atoms with Crippen molar-refractivity contribution in [3.8, 4) is 0 Å². The quantitative estimate of drug-likeness (QED) is 0.851. The molecule has 0 saturated carbocycles. The summed E-state index contributed by atoms with van der Waals surface area (Å²) in [4.78, 5) is 20.5. The first-order valence-corrected chi connectivity index (χ1v) is 8.28. The molecule has 25 heavy (non-hydrogen) atoms. The maximum atomic E-state index is 13.9. The van der Waals surface area contributed by atoms with E-state index >= 15 is 0 Å². The van der Waals surface area contributed by atoms with E-state index in [2.05, 4.69) is 16.9 Å². The fraction of sp³-hybridized carbons (Fsp3) is 0.263. The molecule has 6 heteroatoms. The van der Waals surface area contributed by atoms with Crippen LogP contribution in [0.3, 0.4) is 0 Å². The van der Waals surface area contributed by atoms with Gasteiger partial charge in [0, 0.05) is 32.7 Å². The number of nitrogens with zero attached hydrogens (tertiary/aromatic N) is 3. The molecule has 0 unspecified atom stereocenters. The highest BCUT2D eigenvalue weighted by Gasteiger charge is 2.24. The van der Waals surface area contributed by atoms with Crippen LogP contribution in [-0.4, -0.2) is 48.5 Å². The van der Waals surface area contributed by atoms with Crippen molar-refractivity contribution in [2.24, 2.45) is 0 Å². The highest BCUT2D eigenvalue weighted by atomic mass is 19.1. The maximum Gasteiger partial charge on any atom is 0.272 e. The van der Waals surface area contributed by atoms with Crippen molar-refractivity contribution in [1.82, 2.24) is 9.88 Å². The third-order valence-corrected chi connectivity index (χ3v) is 4.19. The van der Waals surface area contributed by atoms with Gasteiger partial charge < -0.3 is 15.1 Å². The van der Waals surface area contributed by atoms with Gasteiger partial charge in [0.2, 0.25) is 0 Å². The van der Waals surface area contributed by atoms with Crippen molar-refractivity contribution in [2.75, 3.05) is 42.9 Å². The number of anilines is 2. The second kappa shape index (κ2) is 7.79. The summed E-state index contributed by atoms with van der Waals surface area (Å²) in [6.07, 6.45) is 3.40. The second-order valence-electron chi connectivity index (χ2n) is 5.83. The van der Waals surface area contributed by atoms with Crippen LogP contribution >= 0.6 is 0 Å². The third kappa shape index (κ3) is 3.96. The highest BCUT2D eigenvalue weighted by molar-refractivity contribution is 5.92. The van der Waals surface area contributed by atoms with E-state index < -0.39 is 0 Å². The van der Waals surface area contributed by atoms with E-state index in [1.165, 1.54) is 6.07 Å². The summed E-state index contributed by atoms with van der Waals surface area (Å²) in [5, 5.41) is 3.12. The first-order valence-electron chi connectivity index (χ1n) is 8.28. The van der Waals surface area contributed by atoms with Gasteiger partial charge in [-0.3, -0.25) is 4.79 Å². The number of aromatic nitrogens is 1. The van der Waals surface area contributed by atoms with E-state index in [9.17, 15) is 9.18 Å². The summed E-state index contributed by atoms with van der Waals surface area (Å²) in [6, 6.07) is 10.3. The fourth-order valence-corrected chi connectivity index (χ4v) is 2.84. The SMILES string of the molecule is C=CCNc1ccc(C(=O)N2CCN(c3ccccc3F)CC2)nc1. The van der Waals surface area contributed by atoms with Gasteiger partial charge in [0.1, 0.15) is 11.5 Å². The monoisotopic (exact) mass is 340 g/mol. The van der Waals surface area contributed by atoms with Gasteiger partial charge in [0.25, 0.3) is 5.91 Å². The van der Waals surface area contributed by atoms with Crippen LogP contribution < -0.4 is 10.2 Å². The van der Waals surface area contributed by atoms with Gasteiger partial charge in [-0.15, -0.1) is 6.58 Å². The van der Waals surface area contributed by atoms with Gasteiger partial charge in [-0.2, -0.15) is 0 Å². The lowest BCUT2D eigenvalue weighted by Crippen LogP contribution is -2.49. The first kappa shape index (κ1) is 17.0. The molecule has 1 aromatic carbocycles. The van der Waals surface area contributed by atoms with Gasteiger partial charge in [-0.05, 0) is 24.3 Å². The van der Waals surface area contributed by atoms with E-state index in [-0.39, 0.29) is 11.7 Å². The summed E-state index contributed by atoms with van der Waals surface area (Å²) in [7, 11) is 0. The Morgan fingerprint density at radius 3 is 2.60 bits per heavy atom. The maximum absolute atomic E-state index is 13.9. The normalized spacial score (nSPS) is 14.3. The van der Waals surface area contributed by atoms with E-state index in [0.717, 1.165) is 5.69 Å². The number of carbonyl (C=O) groups is 1. The Kier molecular flexibility index (Phi) is 5.28. The predicted molar refractivity (Wildman–Crippen MR) is 97.4 cm³/mol. The number of para-hydroxylation sites is 1. The summed E-state index contributed by atoms with van der Waals surface area (Å²) in [6.45, 7) is 6.59. The molecule has 3 rings (SSSR count). The molecule has 0 atom stereocenters. The van der Waals surface area contributed by atoms with Crippen molar-refractivity contribution in [3.63, 3.8) is 0 Å². The Balaban J connectivity index is 1.60. The standard InChI is InChI=1S/C19H21FN4O/c1-2-9-21-15-7-8-17(22-14-15)19(25)24-12-10-23(11-13-24)18-6-4-3-5-16(18)20/h2-8,14,21H,1,9-13H2. The van der Waals surface area contributed by atoms with Gasteiger partial charge in [0.05, 0.1) is 17.6 Å². The number of hydrogen-bond donors (Lipinski definition) is 1. The summed E-state index contributed by atoms with van der Waals surface area (Å²) < 4.78 is 13.9. The molecule has 5 nitrogen and oxygen atoms in total. The van der Waals surface area contributed by atoms with Crippen molar-refractivity contribution in [1.29, 1.82) is 0 Å². The molecule has 2 aromatic rings. The number of pyridine rings is 1. The molecule has 0 spiro atoms. The highest BCUT2D eigenvalue weighted by Crippen LogP contribution is 2.20. The first-order chi connectivity index (χ1) is 12.2. The minimum absolute atomic E-state index is 0.0940. The fourth-order valence-electron chi connectivity index (χ4n) is 2.84. The zero-order chi connectivity index (χ0) is 17.6. The van der Waals surface area contributed by atoms with Crippen molar-refractivity contribution < 1.29 is 9.18 Å². The largest absolute Gasteiger partial charge is 0.380 e. The van der Waals surface area contributed by atoms with Crippen LogP contribution in [0.1, 0.15) is 10.5 Å². The van der Waals surface area contributed by atoms with Gasteiger partial charge in [0.15, 0.2) is 0 Å². The Bertz CT molecular complexity index is 739. The van der Waals surface area contributed by atoms with Gasteiger partial charge in [-0.1, -0.05) is 18.2 Å². The van der Waals surface area contributed by atoms with Gasteiger partial charge >= 0.3 is 0 Å². The molecule has 1 aliphatic heterocycles. The molecule has 1 fully saturated rings. The van der Waals surface area contributed by atoms with Crippen LogP contribution in [0.2, 0.25) is 0 Å². The Hall–Kier alpha value is -2.89.